The van der Waals surface area contributed by atoms with E-state index in [4.69, 9.17) is 0 Å². The molecule has 0 radical (unpaired) electrons. The predicted molar refractivity (Wildman–Crippen MR) is 65.1 cm³/mol. The van der Waals surface area contributed by atoms with Crippen molar-refractivity contribution in [2.24, 2.45) is 0 Å². The van der Waals surface area contributed by atoms with Gasteiger partial charge in [0.2, 0.25) is 0 Å². The average Bonchev–Trinajstić information content (AvgIpc) is 2.64. The number of hydrogen-bond acceptors (Lipinski definition) is 5. The van der Waals surface area contributed by atoms with Crippen molar-refractivity contribution in [2.45, 2.75) is 31.3 Å². The number of carbonyl (C=O) groups excluding carboxylic acids is 2. The van der Waals surface area contributed by atoms with Crippen LogP contribution in [-0.2, 0) is 0 Å². The lowest BCUT2D eigenvalue weighted by molar-refractivity contribution is -0.0413. The van der Waals surface area contributed by atoms with E-state index in [-0.39, 0.29) is 11.8 Å². The van der Waals surface area contributed by atoms with E-state index in [0.29, 0.717) is 24.0 Å². The fourth-order valence-corrected chi connectivity index (χ4v) is 2.66. The Kier molecular flexibility index (Phi) is 2.85. The third-order valence-electron chi connectivity index (χ3n) is 3.62. The summed E-state index contributed by atoms with van der Waals surface area (Å²) in [6.07, 6.45) is -1.15. The molecule has 19 heavy (non-hydrogen) atoms. The van der Waals surface area contributed by atoms with E-state index < -0.39 is 18.5 Å². The molecule has 1 aromatic carbocycles. The molecule has 0 aliphatic carbocycles. The quantitative estimate of drug-likeness (QED) is 0.603. The molecular weight excluding hydrogens is 248 g/mol. The second-order valence-corrected chi connectivity index (χ2v) is 4.80. The molecule has 0 aromatic heterocycles. The molecule has 6 heteroatoms. The summed E-state index contributed by atoms with van der Waals surface area (Å²) in [5.74, 6) is -0.773. The molecule has 3 unspecified atom stereocenters. The molecule has 0 spiro atoms. The Morgan fingerprint density at radius 3 is 2.16 bits per heavy atom. The summed E-state index contributed by atoms with van der Waals surface area (Å²) in [4.78, 5) is 25.6. The van der Waals surface area contributed by atoms with Crippen molar-refractivity contribution in [3.05, 3.63) is 35.4 Å². The first-order valence-corrected chi connectivity index (χ1v) is 6.18. The number of benzene rings is 1. The zero-order valence-electron chi connectivity index (χ0n) is 10.1. The first-order chi connectivity index (χ1) is 9.09. The fraction of sp³-hybridized carbons (Fsp3) is 0.385. The predicted octanol–water partition coefficient (Wildman–Crippen LogP) is -0.329. The van der Waals surface area contributed by atoms with Gasteiger partial charge < -0.3 is 10.2 Å². The van der Waals surface area contributed by atoms with E-state index in [2.05, 4.69) is 5.32 Å². The SMILES string of the molecule is O=C1c2ccccc2C(=O)N1C1CCC(O)NC1O. The Morgan fingerprint density at radius 1 is 1.05 bits per heavy atom. The van der Waals surface area contributed by atoms with Crippen molar-refractivity contribution in [3.8, 4) is 0 Å². The summed E-state index contributed by atoms with van der Waals surface area (Å²) < 4.78 is 0. The second kappa shape index (κ2) is 4.41. The highest BCUT2D eigenvalue weighted by atomic mass is 16.3. The van der Waals surface area contributed by atoms with Crippen molar-refractivity contribution in [1.29, 1.82) is 0 Å². The van der Waals surface area contributed by atoms with Crippen molar-refractivity contribution < 1.29 is 19.8 Å². The number of aliphatic hydroxyl groups is 2. The van der Waals surface area contributed by atoms with E-state index in [9.17, 15) is 19.8 Å². The van der Waals surface area contributed by atoms with Crippen LogP contribution in [0.2, 0.25) is 0 Å². The van der Waals surface area contributed by atoms with Gasteiger partial charge in [-0.05, 0) is 25.0 Å². The third-order valence-corrected chi connectivity index (χ3v) is 3.62. The van der Waals surface area contributed by atoms with Crippen LogP contribution in [0.3, 0.4) is 0 Å². The van der Waals surface area contributed by atoms with E-state index in [1.165, 1.54) is 0 Å². The highest BCUT2D eigenvalue weighted by Crippen LogP contribution is 2.28. The van der Waals surface area contributed by atoms with Crippen molar-refractivity contribution in [1.82, 2.24) is 10.2 Å². The first-order valence-electron chi connectivity index (χ1n) is 6.18. The molecule has 2 amide bonds. The molecule has 2 aliphatic heterocycles. The average molecular weight is 262 g/mol. The summed E-state index contributed by atoms with van der Waals surface area (Å²) in [5, 5.41) is 21.8. The lowest BCUT2D eigenvalue weighted by Gasteiger charge is -2.36. The zero-order valence-corrected chi connectivity index (χ0v) is 10.1. The van der Waals surface area contributed by atoms with E-state index in [0.717, 1.165) is 4.90 Å². The second-order valence-electron chi connectivity index (χ2n) is 4.80. The maximum absolute atomic E-state index is 12.2. The number of hydrogen-bond donors (Lipinski definition) is 3. The van der Waals surface area contributed by atoms with Gasteiger partial charge in [-0.2, -0.15) is 0 Å². The van der Waals surface area contributed by atoms with Crippen molar-refractivity contribution >= 4 is 11.8 Å². The largest absolute Gasteiger partial charge is 0.379 e. The van der Waals surface area contributed by atoms with Gasteiger partial charge in [-0.3, -0.25) is 19.8 Å². The topological polar surface area (TPSA) is 89.9 Å². The van der Waals surface area contributed by atoms with Gasteiger partial charge in [0.05, 0.1) is 17.2 Å². The maximum Gasteiger partial charge on any atom is 0.261 e. The Balaban J connectivity index is 1.92. The lowest BCUT2D eigenvalue weighted by Crippen LogP contribution is -2.58. The molecule has 1 fully saturated rings. The van der Waals surface area contributed by atoms with E-state index in [1.54, 1.807) is 24.3 Å². The van der Waals surface area contributed by atoms with Gasteiger partial charge in [0.25, 0.3) is 11.8 Å². The Bertz CT molecular complexity index is 510. The molecule has 6 nitrogen and oxygen atoms in total. The number of imide groups is 1. The van der Waals surface area contributed by atoms with Gasteiger partial charge in [0, 0.05) is 0 Å². The highest BCUT2D eigenvalue weighted by molar-refractivity contribution is 6.21. The van der Waals surface area contributed by atoms with Crippen LogP contribution < -0.4 is 5.32 Å². The van der Waals surface area contributed by atoms with Crippen LogP contribution in [0, 0.1) is 0 Å². The number of carbonyl (C=O) groups is 2. The van der Waals surface area contributed by atoms with Crippen LogP contribution in [0.4, 0.5) is 0 Å². The Hall–Kier alpha value is -1.76. The van der Waals surface area contributed by atoms with Gasteiger partial charge in [-0.15, -0.1) is 0 Å². The molecular formula is C13H14N2O4. The molecule has 2 aliphatic rings. The van der Waals surface area contributed by atoms with E-state index >= 15 is 0 Å². The van der Waals surface area contributed by atoms with Crippen LogP contribution in [0.25, 0.3) is 0 Å². The first kappa shape index (κ1) is 12.3. The van der Waals surface area contributed by atoms with Crippen LogP contribution >= 0.6 is 0 Å². The smallest absolute Gasteiger partial charge is 0.261 e. The maximum atomic E-state index is 12.2. The molecule has 3 atom stereocenters. The standard InChI is InChI=1S/C13H14N2O4/c16-10-6-5-9(11(17)14-10)15-12(18)7-3-1-2-4-8(7)13(15)19/h1-4,9-11,14,16-17H,5-6H2. The van der Waals surface area contributed by atoms with Gasteiger partial charge >= 0.3 is 0 Å². The third kappa shape index (κ3) is 1.85. The van der Waals surface area contributed by atoms with Crippen LogP contribution in [0.1, 0.15) is 33.6 Å². The number of nitrogens with zero attached hydrogens (tertiary/aromatic N) is 1. The number of nitrogens with one attached hydrogen (secondary N) is 1. The van der Waals surface area contributed by atoms with Gasteiger partial charge in [0.15, 0.2) is 0 Å². The summed E-state index contributed by atoms with van der Waals surface area (Å²) in [6.45, 7) is 0. The monoisotopic (exact) mass is 262 g/mol. The molecule has 2 heterocycles. The van der Waals surface area contributed by atoms with E-state index in [1.807, 2.05) is 0 Å². The summed E-state index contributed by atoms with van der Waals surface area (Å²) in [6, 6.07) is 5.97. The molecule has 1 aromatic rings. The molecule has 0 saturated carbocycles. The number of rotatable bonds is 1. The van der Waals surface area contributed by atoms with Gasteiger partial charge in [-0.25, -0.2) is 0 Å². The van der Waals surface area contributed by atoms with Gasteiger partial charge in [-0.1, -0.05) is 12.1 Å². The summed E-state index contributed by atoms with van der Waals surface area (Å²) in [7, 11) is 0. The zero-order chi connectivity index (χ0) is 13.6. The lowest BCUT2D eigenvalue weighted by atomic mass is 10.0. The van der Waals surface area contributed by atoms with Gasteiger partial charge in [0.1, 0.15) is 12.5 Å². The van der Waals surface area contributed by atoms with Crippen LogP contribution in [-0.4, -0.2) is 45.4 Å². The highest BCUT2D eigenvalue weighted by Gasteiger charge is 2.43. The number of fused-ring (bicyclic) bond motifs is 1. The Labute approximate surface area is 109 Å². The summed E-state index contributed by atoms with van der Waals surface area (Å²) in [5.41, 5.74) is 0.733. The summed E-state index contributed by atoms with van der Waals surface area (Å²) >= 11 is 0. The molecule has 100 valence electrons. The molecule has 3 rings (SSSR count). The minimum absolute atomic E-state index is 0.367. The van der Waals surface area contributed by atoms with Crippen LogP contribution in [0.15, 0.2) is 24.3 Å². The molecule has 3 N–H and O–H groups in total. The Morgan fingerprint density at radius 2 is 1.63 bits per heavy atom. The molecule has 0 bridgehead atoms. The fourth-order valence-electron chi connectivity index (χ4n) is 2.66. The number of piperidine rings is 1. The van der Waals surface area contributed by atoms with Crippen molar-refractivity contribution in [2.75, 3.05) is 0 Å². The normalized spacial score (nSPS) is 30.6. The van der Waals surface area contributed by atoms with Crippen molar-refractivity contribution in [3.63, 3.8) is 0 Å². The molecule has 1 saturated heterocycles. The number of amides is 2. The van der Waals surface area contributed by atoms with Crippen LogP contribution in [0.5, 0.6) is 0 Å². The minimum Gasteiger partial charge on any atom is -0.379 e. The minimum atomic E-state index is -1.11. The number of aliphatic hydroxyl groups excluding tert-OH is 2.